The summed E-state index contributed by atoms with van der Waals surface area (Å²) in [7, 11) is 0. The van der Waals surface area contributed by atoms with Crippen LogP contribution in [0.1, 0.15) is 38.8 Å². The van der Waals surface area contributed by atoms with Crippen LogP contribution in [0.25, 0.3) is 0 Å². The van der Waals surface area contributed by atoms with Crippen molar-refractivity contribution in [3.8, 4) is 0 Å². The van der Waals surface area contributed by atoms with Crippen molar-refractivity contribution in [2.45, 2.75) is 58.3 Å². The Morgan fingerprint density at radius 2 is 2.23 bits per heavy atom. The average molecular weight is 419 g/mol. The lowest BCUT2D eigenvalue weighted by Gasteiger charge is -2.29. The summed E-state index contributed by atoms with van der Waals surface area (Å²) >= 11 is 0. The van der Waals surface area contributed by atoms with Gasteiger partial charge in [-0.2, -0.15) is 5.10 Å². The molecule has 4 rings (SSSR count). The number of hydrogen-bond acceptors (Lipinski definition) is 5. The monoisotopic (exact) mass is 418 g/mol. The number of amides is 1. The molecule has 0 saturated carbocycles. The Kier molecular flexibility index (Phi) is 7.31. The molecule has 3 aliphatic rings. The predicted molar refractivity (Wildman–Crippen MR) is 113 cm³/mol. The minimum atomic E-state index is -0.250. The third kappa shape index (κ3) is 5.10. The van der Waals surface area contributed by atoms with Crippen LogP contribution in [-0.4, -0.2) is 70.1 Å². The van der Waals surface area contributed by atoms with Gasteiger partial charge in [0.2, 0.25) is 5.91 Å². The number of carbonyl (C=O) groups excluding carboxylic acids is 1. The number of carboxylic acid groups (broad SMARTS) is 1. The first kappa shape index (κ1) is 22.5. The SMILES string of the molecule is CC(C)=CCCN1C[C@@H]2[C@H](CNC(=O)Cn3ccc(C)n3)[C@H]3CC[C@]2(C1)O3.O=CO. The van der Waals surface area contributed by atoms with Crippen molar-refractivity contribution in [2.75, 3.05) is 26.2 Å². The van der Waals surface area contributed by atoms with E-state index in [1.165, 1.54) is 12.0 Å². The van der Waals surface area contributed by atoms with Crippen molar-refractivity contribution in [1.82, 2.24) is 20.0 Å². The Hall–Kier alpha value is -2.19. The summed E-state index contributed by atoms with van der Waals surface area (Å²) in [6.07, 6.45) is 7.92. The molecule has 0 aromatic carbocycles. The zero-order valence-electron chi connectivity index (χ0n) is 18.2. The first-order chi connectivity index (χ1) is 14.4. The lowest BCUT2D eigenvalue weighted by atomic mass is 9.73. The van der Waals surface area contributed by atoms with Crippen LogP contribution in [0.2, 0.25) is 0 Å². The molecule has 3 fully saturated rings. The van der Waals surface area contributed by atoms with Crippen LogP contribution in [0.15, 0.2) is 23.9 Å². The second-order valence-corrected chi connectivity index (χ2v) is 8.90. The molecule has 3 saturated heterocycles. The molecular weight excluding hydrogens is 384 g/mol. The molecule has 2 bridgehead atoms. The standard InChI is InChI=1S/C21H32N4O2.CH2O2/c1-15(2)5-4-9-24-12-18-17(19-6-8-21(18,14-24)27-19)11-22-20(26)13-25-10-7-16(3)23-25;2-1-3/h5,7,10,17-19H,4,6,8-9,11-14H2,1-3H3,(H,22,26);1H,(H,2,3)/t17-,18+,19+,21+;/m0./s1. The highest BCUT2D eigenvalue weighted by Gasteiger charge is 2.62. The van der Waals surface area contributed by atoms with E-state index in [4.69, 9.17) is 14.6 Å². The van der Waals surface area contributed by atoms with Gasteiger partial charge in [-0.15, -0.1) is 0 Å². The van der Waals surface area contributed by atoms with Gasteiger partial charge in [0, 0.05) is 44.2 Å². The van der Waals surface area contributed by atoms with Crippen molar-refractivity contribution >= 4 is 12.4 Å². The van der Waals surface area contributed by atoms with E-state index >= 15 is 0 Å². The van der Waals surface area contributed by atoms with Gasteiger partial charge in [-0.25, -0.2) is 0 Å². The van der Waals surface area contributed by atoms with Crippen molar-refractivity contribution in [3.05, 3.63) is 29.6 Å². The Balaban J connectivity index is 0.000000806. The lowest BCUT2D eigenvalue weighted by molar-refractivity contribution is -0.123. The number of hydrogen-bond donors (Lipinski definition) is 2. The highest BCUT2D eigenvalue weighted by molar-refractivity contribution is 5.75. The molecule has 8 heteroatoms. The molecule has 0 unspecified atom stereocenters. The second kappa shape index (κ2) is 9.75. The largest absolute Gasteiger partial charge is 0.483 e. The molecule has 1 amide bonds. The van der Waals surface area contributed by atoms with Gasteiger partial charge >= 0.3 is 0 Å². The molecule has 1 aromatic heterocycles. The summed E-state index contributed by atoms with van der Waals surface area (Å²) in [6, 6.07) is 1.92. The molecule has 0 radical (unpaired) electrons. The number of fused-ring (bicyclic) bond motifs is 1. The first-order valence-electron chi connectivity index (χ1n) is 10.7. The maximum atomic E-state index is 12.3. The van der Waals surface area contributed by atoms with Crippen LogP contribution >= 0.6 is 0 Å². The number of ether oxygens (including phenoxy) is 1. The summed E-state index contributed by atoms with van der Waals surface area (Å²) in [4.78, 5) is 23.2. The normalized spacial score (nSPS) is 29.1. The minimum absolute atomic E-state index is 0.0355. The number of aromatic nitrogens is 2. The molecule has 4 atom stereocenters. The van der Waals surface area contributed by atoms with Crippen molar-refractivity contribution in [2.24, 2.45) is 11.8 Å². The maximum Gasteiger partial charge on any atom is 0.290 e. The fourth-order valence-corrected chi connectivity index (χ4v) is 5.25. The Bertz CT molecular complexity index is 773. The molecule has 3 aliphatic heterocycles. The molecule has 166 valence electrons. The highest BCUT2D eigenvalue weighted by Crippen LogP contribution is 2.54. The van der Waals surface area contributed by atoms with E-state index in [9.17, 15) is 4.79 Å². The second-order valence-electron chi connectivity index (χ2n) is 8.90. The van der Waals surface area contributed by atoms with E-state index in [-0.39, 0.29) is 24.5 Å². The predicted octanol–water partition coefficient (Wildman–Crippen LogP) is 1.84. The topological polar surface area (TPSA) is 96.7 Å². The van der Waals surface area contributed by atoms with Crippen LogP contribution in [0.4, 0.5) is 0 Å². The summed E-state index contributed by atoms with van der Waals surface area (Å²) in [6.45, 7) is 10.3. The molecule has 8 nitrogen and oxygen atoms in total. The van der Waals surface area contributed by atoms with E-state index in [2.05, 4.69) is 35.2 Å². The molecule has 4 heterocycles. The van der Waals surface area contributed by atoms with Gasteiger partial charge in [-0.05, 0) is 46.1 Å². The third-order valence-corrected chi connectivity index (χ3v) is 6.47. The van der Waals surface area contributed by atoms with Crippen LogP contribution in [0.5, 0.6) is 0 Å². The molecular formula is C22H34N4O4. The third-order valence-electron chi connectivity index (χ3n) is 6.47. The molecule has 30 heavy (non-hydrogen) atoms. The summed E-state index contributed by atoms with van der Waals surface area (Å²) in [5.41, 5.74) is 2.37. The van der Waals surface area contributed by atoms with Gasteiger partial charge in [0.1, 0.15) is 6.54 Å². The van der Waals surface area contributed by atoms with E-state index < -0.39 is 0 Å². The van der Waals surface area contributed by atoms with Crippen LogP contribution < -0.4 is 5.32 Å². The first-order valence-corrected chi connectivity index (χ1v) is 10.7. The van der Waals surface area contributed by atoms with E-state index in [0.717, 1.165) is 44.7 Å². The van der Waals surface area contributed by atoms with Crippen molar-refractivity contribution in [1.29, 1.82) is 0 Å². The number of rotatable bonds is 7. The maximum absolute atomic E-state index is 12.3. The van der Waals surface area contributed by atoms with Gasteiger partial charge in [0.15, 0.2) is 0 Å². The fourth-order valence-electron chi connectivity index (χ4n) is 5.25. The number of likely N-dealkylation sites (tertiary alicyclic amines) is 1. The number of carbonyl (C=O) groups is 2. The summed E-state index contributed by atoms with van der Waals surface area (Å²) < 4.78 is 8.18. The van der Waals surface area contributed by atoms with Gasteiger partial charge in [-0.3, -0.25) is 19.2 Å². The molecule has 2 N–H and O–H groups in total. The fraction of sp³-hybridized carbons (Fsp3) is 0.682. The minimum Gasteiger partial charge on any atom is -0.483 e. The van der Waals surface area contributed by atoms with Gasteiger partial charge in [0.25, 0.3) is 6.47 Å². The molecule has 1 aromatic rings. The Morgan fingerprint density at radius 1 is 1.47 bits per heavy atom. The van der Waals surface area contributed by atoms with E-state index in [1.807, 2.05) is 19.2 Å². The van der Waals surface area contributed by atoms with Crippen LogP contribution in [0, 0.1) is 18.8 Å². The number of aryl methyl sites for hydroxylation is 1. The quantitative estimate of drug-likeness (QED) is 0.518. The highest BCUT2D eigenvalue weighted by atomic mass is 16.5. The smallest absolute Gasteiger partial charge is 0.290 e. The zero-order chi connectivity index (χ0) is 21.7. The molecule has 1 spiro atoms. The number of allylic oxidation sites excluding steroid dienone is 1. The Morgan fingerprint density at radius 3 is 2.90 bits per heavy atom. The van der Waals surface area contributed by atoms with E-state index in [0.29, 0.717) is 17.9 Å². The van der Waals surface area contributed by atoms with Gasteiger partial charge in [0.05, 0.1) is 17.4 Å². The number of nitrogens with zero attached hydrogens (tertiary/aromatic N) is 3. The number of nitrogens with one attached hydrogen (secondary N) is 1. The average Bonchev–Trinajstić information content (AvgIpc) is 3.41. The van der Waals surface area contributed by atoms with Crippen LogP contribution in [-0.2, 0) is 20.9 Å². The lowest BCUT2D eigenvalue weighted by Crippen LogP contribution is -2.42. The summed E-state index contributed by atoms with van der Waals surface area (Å²) in [5.74, 6) is 1.03. The van der Waals surface area contributed by atoms with Crippen LogP contribution in [0.3, 0.4) is 0 Å². The van der Waals surface area contributed by atoms with Gasteiger partial charge in [-0.1, -0.05) is 11.6 Å². The van der Waals surface area contributed by atoms with Crippen molar-refractivity contribution in [3.63, 3.8) is 0 Å². The Labute approximate surface area is 178 Å². The van der Waals surface area contributed by atoms with Crippen molar-refractivity contribution < 1.29 is 19.4 Å². The van der Waals surface area contributed by atoms with E-state index in [1.54, 1.807) is 4.68 Å². The van der Waals surface area contributed by atoms with Gasteiger partial charge < -0.3 is 15.2 Å². The molecule has 0 aliphatic carbocycles. The summed E-state index contributed by atoms with van der Waals surface area (Å²) in [5, 5.41) is 14.3. The zero-order valence-corrected chi connectivity index (χ0v) is 18.2.